The lowest BCUT2D eigenvalue weighted by molar-refractivity contribution is 0.0941. The van der Waals surface area contributed by atoms with Crippen LogP contribution in [0, 0.1) is 11.8 Å². The molecule has 0 unspecified atom stereocenters. The summed E-state index contributed by atoms with van der Waals surface area (Å²) in [6, 6.07) is 3.47. The van der Waals surface area contributed by atoms with Gasteiger partial charge in [0.25, 0.3) is 5.91 Å². The number of nitrogens with zero attached hydrogens (tertiary/aromatic N) is 1. The Bertz CT molecular complexity index is 482. The number of carbonyl (C=O) groups is 1. The van der Waals surface area contributed by atoms with Gasteiger partial charge in [0.1, 0.15) is 5.15 Å². The quantitative estimate of drug-likeness (QED) is 0.826. The Labute approximate surface area is 132 Å². The SMILES string of the molecule is CCc1cc(C(=O)NCC2CCC(CC)CC2)cc(Cl)n1. The van der Waals surface area contributed by atoms with Gasteiger partial charge in [-0.05, 0) is 43.2 Å². The molecule has 0 saturated heterocycles. The van der Waals surface area contributed by atoms with Crippen molar-refractivity contribution in [2.24, 2.45) is 11.8 Å². The predicted molar refractivity (Wildman–Crippen MR) is 86.7 cm³/mol. The molecule has 1 aromatic rings. The lowest BCUT2D eigenvalue weighted by Crippen LogP contribution is -2.31. The summed E-state index contributed by atoms with van der Waals surface area (Å²) in [5, 5.41) is 3.45. The van der Waals surface area contributed by atoms with Crippen LogP contribution in [0.15, 0.2) is 12.1 Å². The molecule has 21 heavy (non-hydrogen) atoms. The molecule has 4 heteroatoms. The van der Waals surface area contributed by atoms with Crippen molar-refractivity contribution in [2.75, 3.05) is 6.54 Å². The van der Waals surface area contributed by atoms with Crippen LogP contribution in [0.3, 0.4) is 0 Å². The predicted octanol–water partition coefficient (Wildman–Crippen LogP) is 4.24. The topological polar surface area (TPSA) is 42.0 Å². The van der Waals surface area contributed by atoms with Crippen LogP contribution in [0.25, 0.3) is 0 Å². The molecule has 0 aliphatic heterocycles. The van der Waals surface area contributed by atoms with E-state index in [1.165, 1.54) is 32.1 Å². The summed E-state index contributed by atoms with van der Waals surface area (Å²) in [6.45, 7) is 5.05. The number of rotatable bonds is 5. The van der Waals surface area contributed by atoms with Gasteiger partial charge in [-0.25, -0.2) is 4.98 Å². The second kappa shape index (κ2) is 7.79. The van der Waals surface area contributed by atoms with Crippen LogP contribution < -0.4 is 5.32 Å². The first-order chi connectivity index (χ1) is 10.1. The standard InChI is InChI=1S/C17H25ClN2O/c1-3-12-5-7-13(8-6-12)11-19-17(21)14-9-15(4-2)20-16(18)10-14/h9-10,12-13H,3-8,11H2,1-2H3,(H,19,21). The number of pyridine rings is 1. The fraction of sp³-hybridized carbons (Fsp3) is 0.647. The van der Waals surface area contributed by atoms with Crippen LogP contribution in [0.5, 0.6) is 0 Å². The lowest BCUT2D eigenvalue weighted by Gasteiger charge is -2.27. The molecule has 3 nitrogen and oxygen atoms in total. The Morgan fingerprint density at radius 1 is 1.24 bits per heavy atom. The third kappa shape index (κ3) is 4.70. The lowest BCUT2D eigenvalue weighted by atomic mass is 9.81. The summed E-state index contributed by atoms with van der Waals surface area (Å²) in [6.07, 6.45) is 7.14. The smallest absolute Gasteiger partial charge is 0.251 e. The third-order valence-electron chi connectivity index (χ3n) is 4.57. The van der Waals surface area contributed by atoms with Gasteiger partial charge in [0.2, 0.25) is 0 Å². The maximum absolute atomic E-state index is 12.2. The molecule has 1 aliphatic rings. The maximum Gasteiger partial charge on any atom is 0.251 e. The van der Waals surface area contributed by atoms with Crippen LogP contribution in [0.4, 0.5) is 0 Å². The highest BCUT2D eigenvalue weighted by Gasteiger charge is 2.20. The number of aryl methyl sites for hydroxylation is 1. The van der Waals surface area contributed by atoms with Crippen molar-refractivity contribution in [3.63, 3.8) is 0 Å². The molecule has 116 valence electrons. The Morgan fingerprint density at radius 2 is 1.90 bits per heavy atom. The highest BCUT2D eigenvalue weighted by Crippen LogP contribution is 2.30. The van der Waals surface area contributed by atoms with E-state index in [0.29, 0.717) is 16.6 Å². The summed E-state index contributed by atoms with van der Waals surface area (Å²) in [5.74, 6) is 1.48. The van der Waals surface area contributed by atoms with Gasteiger partial charge in [-0.1, -0.05) is 44.7 Å². The van der Waals surface area contributed by atoms with Crippen LogP contribution in [0.2, 0.25) is 5.15 Å². The largest absolute Gasteiger partial charge is 0.352 e. The molecule has 0 bridgehead atoms. The molecule has 1 fully saturated rings. The molecule has 0 spiro atoms. The minimum atomic E-state index is -0.0355. The number of hydrogen-bond donors (Lipinski definition) is 1. The molecule has 1 aromatic heterocycles. The van der Waals surface area contributed by atoms with E-state index in [1.807, 2.05) is 13.0 Å². The van der Waals surface area contributed by atoms with Crippen LogP contribution >= 0.6 is 11.6 Å². The van der Waals surface area contributed by atoms with E-state index in [9.17, 15) is 4.79 Å². The minimum absolute atomic E-state index is 0.0355. The summed E-state index contributed by atoms with van der Waals surface area (Å²) in [7, 11) is 0. The van der Waals surface area contributed by atoms with Crippen LogP contribution in [-0.4, -0.2) is 17.4 Å². The van der Waals surface area contributed by atoms with E-state index in [2.05, 4.69) is 17.2 Å². The van der Waals surface area contributed by atoms with Gasteiger partial charge < -0.3 is 5.32 Å². The average molecular weight is 309 g/mol. The number of carbonyl (C=O) groups excluding carboxylic acids is 1. The van der Waals surface area contributed by atoms with Crippen LogP contribution in [-0.2, 0) is 6.42 Å². The van der Waals surface area contributed by atoms with Crippen molar-refractivity contribution < 1.29 is 4.79 Å². The van der Waals surface area contributed by atoms with Crippen molar-refractivity contribution in [1.82, 2.24) is 10.3 Å². The zero-order chi connectivity index (χ0) is 15.2. The van der Waals surface area contributed by atoms with Gasteiger partial charge in [-0.3, -0.25) is 4.79 Å². The van der Waals surface area contributed by atoms with Crippen LogP contribution in [0.1, 0.15) is 62.0 Å². The molecule has 1 N–H and O–H groups in total. The Balaban J connectivity index is 1.86. The molecule has 1 amide bonds. The van der Waals surface area contributed by atoms with Gasteiger partial charge in [0.05, 0.1) is 0 Å². The van der Waals surface area contributed by atoms with E-state index in [0.717, 1.165) is 24.6 Å². The van der Waals surface area contributed by atoms with Crippen molar-refractivity contribution >= 4 is 17.5 Å². The number of aromatic nitrogens is 1. The molecule has 0 radical (unpaired) electrons. The number of nitrogens with one attached hydrogen (secondary N) is 1. The van der Waals surface area contributed by atoms with Crippen molar-refractivity contribution in [3.05, 3.63) is 28.5 Å². The first-order valence-electron chi connectivity index (χ1n) is 8.07. The first-order valence-corrected chi connectivity index (χ1v) is 8.44. The second-order valence-electron chi connectivity index (χ2n) is 6.03. The van der Waals surface area contributed by atoms with Gasteiger partial charge in [0.15, 0.2) is 0 Å². The number of hydrogen-bond acceptors (Lipinski definition) is 2. The number of amides is 1. The first kappa shape index (κ1) is 16.3. The molecular weight excluding hydrogens is 284 g/mol. The Morgan fingerprint density at radius 3 is 2.52 bits per heavy atom. The molecule has 2 rings (SSSR count). The van der Waals surface area contributed by atoms with Crippen molar-refractivity contribution in [3.8, 4) is 0 Å². The minimum Gasteiger partial charge on any atom is -0.352 e. The second-order valence-corrected chi connectivity index (χ2v) is 6.42. The Hall–Kier alpha value is -1.09. The zero-order valence-corrected chi connectivity index (χ0v) is 13.7. The molecule has 1 aliphatic carbocycles. The van der Waals surface area contributed by atoms with Gasteiger partial charge in [-0.15, -0.1) is 0 Å². The van der Waals surface area contributed by atoms with E-state index < -0.39 is 0 Å². The summed E-state index contributed by atoms with van der Waals surface area (Å²) < 4.78 is 0. The van der Waals surface area contributed by atoms with Gasteiger partial charge >= 0.3 is 0 Å². The number of halogens is 1. The highest BCUT2D eigenvalue weighted by molar-refractivity contribution is 6.29. The van der Waals surface area contributed by atoms with Gasteiger partial charge in [0, 0.05) is 17.8 Å². The Kier molecular flexibility index (Phi) is 6.04. The molecule has 0 atom stereocenters. The molecule has 1 saturated carbocycles. The molecular formula is C17H25ClN2O. The molecule has 1 heterocycles. The summed E-state index contributed by atoms with van der Waals surface area (Å²) >= 11 is 5.96. The zero-order valence-electron chi connectivity index (χ0n) is 13.0. The van der Waals surface area contributed by atoms with E-state index in [1.54, 1.807) is 6.07 Å². The fourth-order valence-electron chi connectivity index (χ4n) is 3.05. The monoisotopic (exact) mass is 308 g/mol. The molecule has 0 aromatic carbocycles. The third-order valence-corrected chi connectivity index (χ3v) is 4.76. The van der Waals surface area contributed by atoms with E-state index in [4.69, 9.17) is 11.6 Å². The van der Waals surface area contributed by atoms with Crippen molar-refractivity contribution in [2.45, 2.75) is 52.4 Å². The summed E-state index contributed by atoms with van der Waals surface area (Å²) in [4.78, 5) is 16.4. The fourth-order valence-corrected chi connectivity index (χ4v) is 3.27. The normalized spacial score (nSPS) is 22.0. The van der Waals surface area contributed by atoms with E-state index in [-0.39, 0.29) is 5.91 Å². The summed E-state index contributed by atoms with van der Waals surface area (Å²) in [5.41, 5.74) is 1.48. The highest BCUT2D eigenvalue weighted by atomic mass is 35.5. The van der Waals surface area contributed by atoms with Crippen molar-refractivity contribution in [1.29, 1.82) is 0 Å². The van der Waals surface area contributed by atoms with Gasteiger partial charge in [-0.2, -0.15) is 0 Å². The average Bonchev–Trinajstić information content (AvgIpc) is 2.52. The maximum atomic E-state index is 12.2. The van der Waals surface area contributed by atoms with E-state index >= 15 is 0 Å².